The molecule has 0 saturated carbocycles. The van der Waals surface area contributed by atoms with E-state index in [0.29, 0.717) is 5.56 Å². The van der Waals surface area contributed by atoms with Gasteiger partial charge in [0.1, 0.15) is 0 Å². The molecule has 0 amide bonds. The lowest BCUT2D eigenvalue weighted by Gasteiger charge is -2.00. The number of aromatic nitrogens is 1. The Morgan fingerprint density at radius 2 is 1.86 bits per heavy atom. The first-order chi connectivity index (χ1) is 6.77. The van der Waals surface area contributed by atoms with Crippen molar-refractivity contribution < 1.29 is 8.78 Å². The van der Waals surface area contributed by atoms with Crippen molar-refractivity contribution in [1.29, 1.82) is 0 Å². The molecule has 0 aliphatic carbocycles. The molecule has 1 aromatic heterocycles. The minimum Gasteiger partial charge on any atom is -0.254 e. The normalized spacial score (nSPS) is 10.1. The number of rotatable bonds is 1. The largest absolute Gasteiger partial charge is 0.254 e. The van der Waals surface area contributed by atoms with Gasteiger partial charge in [-0.3, -0.25) is 4.98 Å². The minimum atomic E-state index is -0.852. The maximum Gasteiger partial charge on any atom is 0.159 e. The van der Waals surface area contributed by atoms with Crippen LogP contribution in [0.3, 0.4) is 0 Å². The molecule has 14 heavy (non-hydrogen) atoms. The van der Waals surface area contributed by atoms with Crippen molar-refractivity contribution in [2.75, 3.05) is 0 Å². The van der Waals surface area contributed by atoms with E-state index < -0.39 is 11.6 Å². The summed E-state index contributed by atoms with van der Waals surface area (Å²) in [5.41, 5.74) is 1.34. The summed E-state index contributed by atoms with van der Waals surface area (Å²) < 4.78 is 25.5. The van der Waals surface area contributed by atoms with E-state index in [-0.39, 0.29) is 0 Å². The van der Waals surface area contributed by atoms with E-state index in [0.717, 1.165) is 17.7 Å². The van der Waals surface area contributed by atoms with Gasteiger partial charge < -0.3 is 0 Å². The lowest BCUT2D eigenvalue weighted by molar-refractivity contribution is 0.509. The molecule has 69 valence electrons. The fourth-order valence-electron chi connectivity index (χ4n) is 1.17. The Balaban J connectivity index is 2.48. The van der Waals surface area contributed by atoms with Gasteiger partial charge in [0, 0.05) is 11.8 Å². The third kappa shape index (κ3) is 1.62. The predicted molar refractivity (Wildman–Crippen MR) is 48.4 cm³/mol. The van der Waals surface area contributed by atoms with E-state index in [1.807, 2.05) is 0 Å². The molecule has 1 radical (unpaired) electrons. The van der Waals surface area contributed by atoms with E-state index in [1.54, 1.807) is 18.3 Å². The van der Waals surface area contributed by atoms with Crippen molar-refractivity contribution in [3.05, 3.63) is 54.4 Å². The summed E-state index contributed by atoms with van der Waals surface area (Å²) >= 11 is 0. The van der Waals surface area contributed by atoms with Crippen LogP contribution in [0.15, 0.2) is 36.5 Å². The van der Waals surface area contributed by atoms with Crippen LogP contribution < -0.4 is 0 Å². The van der Waals surface area contributed by atoms with Gasteiger partial charge in [0.15, 0.2) is 11.6 Å². The summed E-state index contributed by atoms with van der Waals surface area (Å²) in [6.45, 7) is 0. The monoisotopic (exact) mass is 190 g/mol. The van der Waals surface area contributed by atoms with Gasteiger partial charge in [0.05, 0.1) is 6.20 Å². The molecule has 3 heteroatoms. The van der Waals surface area contributed by atoms with Crippen molar-refractivity contribution >= 4 is 0 Å². The molecule has 0 spiro atoms. The number of nitrogens with zero attached hydrogens (tertiary/aromatic N) is 1. The van der Waals surface area contributed by atoms with Crippen LogP contribution in [0, 0.1) is 17.8 Å². The van der Waals surface area contributed by atoms with Gasteiger partial charge in [-0.25, -0.2) is 8.78 Å². The third-order valence-electron chi connectivity index (χ3n) is 1.87. The highest BCUT2D eigenvalue weighted by molar-refractivity contribution is 5.61. The molecule has 2 rings (SSSR count). The molecule has 2 aromatic rings. The van der Waals surface area contributed by atoms with Gasteiger partial charge in [-0.15, -0.1) is 0 Å². The zero-order valence-corrected chi connectivity index (χ0v) is 7.17. The Labute approximate surface area is 80.0 Å². The van der Waals surface area contributed by atoms with Gasteiger partial charge in [-0.2, -0.15) is 0 Å². The number of benzene rings is 1. The fraction of sp³-hybridized carbons (Fsp3) is 0. The Morgan fingerprint density at radius 3 is 2.50 bits per heavy atom. The van der Waals surface area contributed by atoms with E-state index in [9.17, 15) is 8.78 Å². The maximum atomic E-state index is 12.9. The van der Waals surface area contributed by atoms with Gasteiger partial charge >= 0.3 is 0 Å². The summed E-state index contributed by atoms with van der Waals surface area (Å²) in [5.74, 6) is -1.69. The van der Waals surface area contributed by atoms with Gasteiger partial charge in [0.2, 0.25) is 0 Å². The molecule has 0 saturated heterocycles. The maximum absolute atomic E-state index is 12.9. The fourth-order valence-corrected chi connectivity index (χ4v) is 1.17. The standard InChI is InChI=1S/C11H6F2N/c12-10-4-3-8(6-11(10)13)9-2-1-5-14-7-9/h1-4,6-7H. The van der Waals surface area contributed by atoms with E-state index in [4.69, 9.17) is 0 Å². The smallest absolute Gasteiger partial charge is 0.159 e. The van der Waals surface area contributed by atoms with Gasteiger partial charge in [0.25, 0.3) is 0 Å². The quantitative estimate of drug-likeness (QED) is 0.673. The van der Waals surface area contributed by atoms with Crippen LogP contribution in [0.25, 0.3) is 11.1 Å². The predicted octanol–water partition coefficient (Wildman–Crippen LogP) is 2.83. The molecule has 1 aromatic carbocycles. The molecule has 0 atom stereocenters. The molecule has 0 unspecified atom stereocenters. The van der Waals surface area contributed by atoms with Crippen LogP contribution in [0.1, 0.15) is 0 Å². The molecule has 0 N–H and O–H groups in total. The summed E-state index contributed by atoms with van der Waals surface area (Å²) in [6.07, 6.45) is 4.16. The lowest BCUT2D eigenvalue weighted by atomic mass is 10.1. The van der Waals surface area contributed by atoms with Crippen LogP contribution >= 0.6 is 0 Å². The second-order valence-corrected chi connectivity index (χ2v) is 2.80. The number of pyridine rings is 1. The topological polar surface area (TPSA) is 12.9 Å². The van der Waals surface area contributed by atoms with Crippen molar-refractivity contribution in [3.63, 3.8) is 0 Å². The Kier molecular flexibility index (Phi) is 2.23. The molecular formula is C11H6F2N. The molecule has 1 heterocycles. The molecule has 0 fully saturated rings. The Morgan fingerprint density at radius 1 is 1.00 bits per heavy atom. The molecule has 0 aliphatic heterocycles. The zero-order chi connectivity index (χ0) is 9.97. The molecule has 0 bridgehead atoms. The van der Waals surface area contributed by atoms with Gasteiger partial charge in [-0.1, -0.05) is 12.1 Å². The average molecular weight is 190 g/mol. The molecular weight excluding hydrogens is 184 g/mol. The third-order valence-corrected chi connectivity index (χ3v) is 1.87. The number of hydrogen-bond acceptors (Lipinski definition) is 1. The van der Waals surface area contributed by atoms with E-state index in [2.05, 4.69) is 11.2 Å². The van der Waals surface area contributed by atoms with Crippen LogP contribution in [0.2, 0.25) is 0 Å². The highest BCUT2D eigenvalue weighted by atomic mass is 19.2. The molecule has 0 aliphatic rings. The van der Waals surface area contributed by atoms with Crippen molar-refractivity contribution in [2.24, 2.45) is 0 Å². The minimum absolute atomic E-state index is 0.602. The highest BCUT2D eigenvalue weighted by Gasteiger charge is 2.03. The van der Waals surface area contributed by atoms with Crippen LogP contribution in [0.4, 0.5) is 8.78 Å². The second kappa shape index (κ2) is 3.54. The summed E-state index contributed by atoms with van der Waals surface area (Å²) in [4.78, 5) is 3.77. The van der Waals surface area contributed by atoms with Crippen molar-refractivity contribution in [1.82, 2.24) is 4.98 Å². The summed E-state index contributed by atoms with van der Waals surface area (Å²) in [5, 5.41) is 0. The van der Waals surface area contributed by atoms with Crippen LogP contribution in [0.5, 0.6) is 0 Å². The van der Waals surface area contributed by atoms with Gasteiger partial charge in [-0.05, 0) is 23.8 Å². The first kappa shape index (κ1) is 8.81. The van der Waals surface area contributed by atoms with Crippen molar-refractivity contribution in [2.45, 2.75) is 0 Å². The van der Waals surface area contributed by atoms with Crippen LogP contribution in [-0.2, 0) is 0 Å². The summed E-state index contributed by atoms with van der Waals surface area (Å²) in [7, 11) is 0. The number of halogens is 2. The SMILES string of the molecule is Fc1ccc(-c2cc[c]nc2)cc1F. The van der Waals surface area contributed by atoms with Crippen LogP contribution in [-0.4, -0.2) is 4.98 Å². The van der Waals surface area contributed by atoms with E-state index in [1.165, 1.54) is 6.07 Å². The average Bonchev–Trinajstić information content (AvgIpc) is 2.23. The summed E-state index contributed by atoms with van der Waals surface area (Å²) in [6, 6.07) is 7.11. The zero-order valence-electron chi connectivity index (χ0n) is 7.17. The lowest BCUT2D eigenvalue weighted by Crippen LogP contribution is -1.85. The van der Waals surface area contributed by atoms with E-state index >= 15 is 0 Å². The van der Waals surface area contributed by atoms with Crippen molar-refractivity contribution in [3.8, 4) is 11.1 Å². The second-order valence-electron chi connectivity index (χ2n) is 2.80. The Bertz CT molecular complexity index is 440. The number of hydrogen-bond donors (Lipinski definition) is 0. The first-order valence-corrected chi connectivity index (χ1v) is 4.05. The molecule has 1 nitrogen and oxygen atoms in total. The first-order valence-electron chi connectivity index (χ1n) is 4.05. The Hall–Kier alpha value is -1.77. The highest BCUT2D eigenvalue weighted by Crippen LogP contribution is 2.19.